The first-order chi connectivity index (χ1) is 8.15. The molecule has 0 spiro atoms. The summed E-state index contributed by atoms with van der Waals surface area (Å²) in [7, 11) is 0. The molecule has 1 heterocycles. The van der Waals surface area contributed by atoms with Crippen LogP contribution in [0.1, 0.15) is 38.2 Å². The van der Waals surface area contributed by atoms with Crippen molar-refractivity contribution in [3.63, 3.8) is 0 Å². The normalized spacial score (nSPS) is 29.0. The Bertz CT molecular complexity index is 380. The monoisotopic (exact) mass is 252 g/mol. The van der Waals surface area contributed by atoms with E-state index in [2.05, 4.69) is 30.2 Å². The number of pyridine rings is 1. The molecule has 1 aromatic rings. The van der Waals surface area contributed by atoms with Crippen LogP contribution in [-0.2, 0) is 0 Å². The maximum absolute atomic E-state index is 6.21. The van der Waals surface area contributed by atoms with E-state index in [9.17, 15) is 0 Å². The van der Waals surface area contributed by atoms with Gasteiger partial charge in [-0.05, 0) is 37.3 Å². The van der Waals surface area contributed by atoms with E-state index in [0.717, 1.165) is 24.6 Å². The van der Waals surface area contributed by atoms with Gasteiger partial charge in [-0.2, -0.15) is 0 Å². The molecule has 0 amide bonds. The van der Waals surface area contributed by atoms with Crippen LogP contribution in [0.2, 0.25) is 0 Å². The second-order valence-corrected chi connectivity index (χ2v) is 5.68. The smallest absolute Gasteiger partial charge is 0.129 e. The van der Waals surface area contributed by atoms with Gasteiger partial charge in [0, 0.05) is 12.1 Å². The van der Waals surface area contributed by atoms with Crippen molar-refractivity contribution in [1.29, 1.82) is 0 Å². The van der Waals surface area contributed by atoms with E-state index in [-0.39, 0.29) is 5.54 Å². The fraction of sp³-hybridized carbons (Fsp3) is 0.643. The lowest BCUT2D eigenvalue weighted by Gasteiger charge is -2.40. The van der Waals surface area contributed by atoms with Crippen molar-refractivity contribution in [2.24, 2.45) is 5.92 Å². The SMILES string of the molecule is Cc1cccnc1NC1(CCl)CCCC(C)C1. The minimum atomic E-state index is 0.0400. The number of hydrogen-bond acceptors (Lipinski definition) is 2. The topological polar surface area (TPSA) is 24.9 Å². The molecule has 0 aliphatic heterocycles. The average Bonchev–Trinajstić information content (AvgIpc) is 2.32. The van der Waals surface area contributed by atoms with Crippen molar-refractivity contribution in [3.8, 4) is 0 Å². The Morgan fingerprint density at radius 3 is 3.06 bits per heavy atom. The zero-order chi connectivity index (χ0) is 12.3. The molecular weight excluding hydrogens is 232 g/mol. The second-order valence-electron chi connectivity index (χ2n) is 5.41. The number of aromatic nitrogens is 1. The van der Waals surface area contributed by atoms with Crippen LogP contribution in [-0.4, -0.2) is 16.4 Å². The van der Waals surface area contributed by atoms with Gasteiger partial charge >= 0.3 is 0 Å². The third-order valence-electron chi connectivity index (χ3n) is 3.74. The molecule has 2 nitrogen and oxygen atoms in total. The first-order valence-corrected chi connectivity index (χ1v) is 6.94. The van der Waals surface area contributed by atoms with E-state index in [4.69, 9.17) is 11.6 Å². The lowest BCUT2D eigenvalue weighted by Crippen LogP contribution is -2.44. The highest BCUT2D eigenvalue weighted by Gasteiger charge is 2.34. The molecule has 1 aliphatic rings. The van der Waals surface area contributed by atoms with Gasteiger partial charge in [0.05, 0.1) is 5.54 Å². The van der Waals surface area contributed by atoms with Gasteiger partial charge in [0.15, 0.2) is 0 Å². The molecule has 94 valence electrons. The summed E-state index contributed by atoms with van der Waals surface area (Å²) in [6, 6.07) is 4.06. The summed E-state index contributed by atoms with van der Waals surface area (Å²) in [5.41, 5.74) is 1.23. The van der Waals surface area contributed by atoms with E-state index in [0.29, 0.717) is 5.88 Å². The lowest BCUT2D eigenvalue weighted by atomic mass is 9.77. The molecule has 0 saturated heterocycles. The van der Waals surface area contributed by atoms with Gasteiger partial charge < -0.3 is 5.32 Å². The largest absolute Gasteiger partial charge is 0.363 e. The van der Waals surface area contributed by atoms with Crippen LogP contribution in [0, 0.1) is 12.8 Å². The molecule has 0 aromatic carbocycles. The molecule has 2 atom stereocenters. The first-order valence-electron chi connectivity index (χ1n) is 6.41. The Morgan fingerprint density at radius 2 is 2.41 bits per heavy atom. The van der Waals surface area contributed by atoms with Crippen molar-refractivity contribution in [2.75, 3.05) is 11.2 Å². The van der Waals surface area contributed by atoms with Crippen LogP contribution in [0.15, 0.2) is 18.3 Å². The van der Waals surface area contributed by atoms with Gasteiger partial charge in [0.2, 0.25) is 0 Å². The molecule has 0 radical (unpaired) electrons. The predicted molar refractivity (Wildman–Crippen MR) is 73.7 cm³/mol. The highest BCUT2D eigenvalue weighted by Crippen LogP contribution is 2.36. The number of hydrogen-bond donors (Lipinski definition) is 1. The third-order valence-corrected chi connectivity index (χ3v) is 4.25. The van der Waals surface area contributed by atoms with Crippen molar-refractivity contribution in [3.05, 3.63) is 23.9 Å². The molecule has 2 rings (SSSR count). The second kappa shape index (κ2) is 5.26. The van der Waals surface area contributed by atoms with Gasteiger partial charge in [0.1, 0.15) is 5.82 Å². The number of nitrogens with zero attached hydrogens (tertiary/aromatic N) is 1. The number of rotatable bonds is 3. The molecule has 1 aliphatic carbocycles. The summed E-state index contributed by atoms with van der Waals surface area (Å²) < 4.78 is 0. The van der Waals surface area contributed by atoms with Gasteiger partial charge in [-0.3, -0.25) is 0 Å². The Morgan fingerprint density at radius 1 is 1.59 bits per heavy atom. The maximum Gasteiger partial charge on any atom is 0.129 e. The molecule has 1 aromatic heterocycles. The van der Waals surface area contributed by atoms with Gasteiger partial charge in [-0.1, -0.05) is 25.8 Å². The zero-order valence-corrected chi connectivity index (χ0v) is 11.4. The molecule has 1 fully saturated rings. The van der Waals surface area contributed by atoms with E-state index in [1.54, 1.807) is 0 Å². The number of aryl methyl sites for hydroxylation is 1. The van der Waals surface area contributed by atoms with Gasteiger partial charge in [0.25, 0.3) is 0 Å². The van der Waals surface area contributed by atoms with Crippen LogP contribution < -0.4 is 5.32 Å². The molecule has 1 saturated carbocycles. The van der Waals surface area contributed by atoms with Crippen LogP contribution in [0.25, 0.3) is 0 Å². The van der Waals surface area contributed by atoms with Crippen LogP contribution >= 0.6 is 11.6 Å². The minimum Gasteiger partial charge on any atom is -0.363 e. The van der Waals surface area contributed by atoms with E-state index in [1.165, 1.54) is 18.4 Å². The Labute approximate surface area is 109 Å². The fourth-order valence-electron chi connectivity index (χ4n) is 2.80. The standard InChI is InChI=1S/C14H21ClN2/c1-11-5-3-7-14(9-11,10-15)17-13-12(2)6-4-8-16-13/h4,6,8,11H,3,5,7,9-10H2,1-2H3,(H,16,17). The first kappa shape index (κ1) is 12.7. The van der Waals surface area contributed by atoms with Crippen molar-refractivity contribution < 1.29 is 0 Å². The third kappa shape index (κ3) is 2.92. The Hall–Kier alpha value is -0.760. The highest BCUT2D eigenvalue weighted by atomic mass is 35.5. The van der Waals surface area contributed by atoms with Crippen LogP contribution in [0.3, 0.4) is 0 Å². The fourth-order valence-corrected chi connectivity index (χ4v) is 3.11. The van der Waals surface area contributed by atoms with Gasteiger partial charge in [-0.15, -0.1) is 11.6 Å². The lowest BCUT2D eigenvalue weighted by molar-refractivity contribution is 0.279. The molecule has 1 N–H and O–H groups in total. The van der Waals surface area contributed by atoms with E-state index < -0.39 is 0 Å². The number of anilines is 1. The molecule has 17 heavy (non-hydrogen) atoms. The Kier molecular flexibility index (Phi) is 3.93. The van der Waals surface area contributed by atoms with E-state index in [1.807, 2.05) is 12.3 Å². The van der Waals surface area contributed by atoms with Crippen LogP contribution in [0.4, 0.5) is 5.82 Å². The molecule has 2 unspecified atom stereocenters. The average molecular weight is 253 g/mol. The summed E-state index contributed by atoms with van der Waals surface area (Å²) >= 11 is 6.21. The summed E-state index contributed by atoms with van der Waals surface area (Å²) in [6.07, 6.45) is 6.71. The maximum atomic E-state index is 6.21. The summed E-state index contributed by atoms with van der Waals surface area (Å²) in [5, 5.41) is 3.60. The summed E-state index contributed by atoms with van der Waals surface area (Å²) in [6.45, 7) is 4.40. The molecule has 0 bridgehead atoms. The van der Waals surface area contributed by atoms with E-state index >= 15 is 0 Å². The number of nitrogens with one attached hydrogen (secondary N) is 1. The molecule has 3 heteroatoms. The number of alkyl halides is 1. The minimum absolute atomic E-state index is 0.0400. The van der Waals surface area contributed by atoms with Gasteiger partial charge in [-0.25, -0.2) is 4.98 Å². The van der Waals surface area contributed by atoms with Crippen molar-refractivity contribution in [1.82, 2.24) is 4.98 Å². The summed E-state index contributed by atoms with van der Waals surface area (Å²) in [5.74, 6) is 2.40. The Balaban J connectivity index is 2.17. The highest BCUT2D eigenvalue weighted by molar-refractivity contribution is 6.18. The van der Waals surface area contributed by atoms with Crippen molar-refractivity contribution >= 4 is 17.4 Å². The zero-order valence-electron chi connectivity index (χ0n) is 10.7. The summed E-state index contributed by atoms with van der Waals surface area (Å²) in [4.78, 5) is 4.42. The van der Waals surface area contributed by atoms with Crippen LogP contribution in [0.5, 0.6) is 0 Å². The predicted octanol–water partition coefficient (Wildman–Crippen LogP) is 3.99. The number of halogens is 1. The molecular formula is C14H21ClN2. The quantitative estimate of drug-likeness (QED) is 0.823. The van der Waals surface area contributed by atoms with Crippen molar-refractivity contribution in [2.45, 2.75) is 45.1 Å².